The Morgan fingerprint density at radius 3 is 2.62 bits per heavy atom. The molecule has 0 bridgehead atoms. The molecule has 0 amide bonds. The first-order valence-corrected chi connectivity index (χ1v) is 8.61. The lowest BCUT2D eigenvalue weighted by molar-refractivity contribution is 0.415. The molecule has 3 aromatic rings. The van der Waals surface area contributed by atoms with Crippen molar-refractivity contribution in [1.29, 1.82) is 0 Å². The van der Waals surface area contributed by atoms with Gasteiger partial charge in [-0.2, -0.15) is 0 Å². The third-order valence-corrected chi connectivity index (χ3v) is 4.23. The second kappa shape index (κ2) is 6.60. The summed E-state index contributed by atoms with van der Waals surface area (Å²) >= 11 is 1.56. The topological polar surface area (TPSA) is 63.2 Å². The van der Waals surface area contributed by atoms with E-state index < -0.39 is 0 Å². The number of ether oxygens (including phenoxy) is 1. The van der Waals surface area contributed by atoms with E-state index in [2.05, 4.69) is 29.1 Å². The van der Waals surface area contributed by atoms with Gasteiger partial charge in [0.15, 0.2) is 11.0 Å². The van der Waals surface area contributed by atoms with Crippen molar-refractivity contribution in [3.8, 4) is 17.3 Å². The normalized spacial score (nSPS) is 11.1. The summed E-state index contributed by atoms with van der Waals surface area (Å²) in [6.45, 7) is 4.17. The average Bonchev–Trinajstić information content (AvgIpc) is 3.00. The van der Waals surface area contributed by atoms with E-state index in [-0.39, 0.29) is 0 Å². The van der Waals surface area contributed by atoms with Gasteiger partial charge in [-0.15, -0.1) is 11.3 Å². The van der Waals surface area contributed by atoms with Crippen LogP contribution in [0.25, 0.3) is 22.4 Å². The quantitative estimate of drug-likeness (QED) is 0.763. The van der Waals surface area contributed by atoms with Crippen molar-refractivity contribution < 1.29 is 4.74 Å². The summed E-state index contributed by atoms with van der Waals surface area (Å²) in [5.74, 6) is 2.26. The van der Waals surface area contributed by atoms with Gasteiger partial charge in [0.1, 0.15) is 17.3 Å². The van der Waals surface area contributed by atoms with Crippen LogP contribution in [-0.2, 0) is 0 Å². The van der Waals surface area contributed by atoms with E-state index in [1.165, 1.54) is 0 Å². The maximum absolute atomic E-state index is 5.32. The molecule has 0 radical (unpaired) electrons. The van der Waals surface area contributed by atoms with Crippen molar-refractivity contribution in [1.82, 2.24) is 15.0 Å². The summed E-state index contributed by atoms with van der Waals surface area (Å²) < 4.78 is 5.32. The number of benzene rings is 1. The van der Waals surface area contributed by atoms with Crippen LogP contribution in [0.3, 0.4) is 0 Å². The van der Waals surface area contributed by atoms with Crippen LogP contribution in [0.15, 0.2) is 23.6 Å². The van der Waals surface area contributed by atoms with E-state index in [0.29, 0.717) is 11.9 Å². The summed E-state index contributed by atoms with van der Waals surface area (Å²) in [5, 5.41) is 7.15. The second-order valence-electron chi connectivity index (χ2n) is 5.99. The molecule has 6 nitrogen and oxygen atoms in total. The highest BCUT2D eigenvalue weighted by Gasteiger charge is 2.14. The van der Waals surface area contributed by atoms with Crippen molar-refractivity contribution >= 4 is 33.2 Å². The number of hydrogen-bond acceptors (Lipinski definition) is 7. The van der Waals surface area contributed by atoms with Crippen molar-refractivity contribution in [2.45, 2.75) is 19.9 Å². The molecule has 0 unspecified atom stereocenters. The van der Waals surface area contributed by atoms with E-state index in [1.807, 2.05) is 42.6 Å². The van der Waals surface area contributed by atoms with Gasteiger partial charge in [0.2, 0.25) is 0 Å². The molecule has 0 spiro atoms. The van der Waals surface area contributed by atoms with Crippen molar-refractivity contribution in [3.05, 3.63) is 23.6 Å². The standard InChI is InChI=1S/C17H21N5OS/c1-10(2)18-17-20-14(9-24-17)15-19-13-8-11(23-5)6-7-12(13)16(21-15)22(3)4/h6-10H,1-5H3,(H,18,20). The zero-order chi connectivity index (χ0) is 17.3. The van der Waals surface area contributed by atoms with Gasteiger partial charge in [-0.3, -0.25) is 0 Å². The minimum Gasteiger partial charge on any atom is -0.497 e. The minimum atomic E-state index is 0.336. The molecule has 0 fully saturated rings. The van der Waals surface area contributed by atoms with Gasteiger partial charge in [0.25, 0.3) is 0 Å². The molecule has 0 atom stereocenters. The van der Waals surface area contributed by atoms with Gasteiger partial charge in [-0.25, -0.2) is 15.0 Å². The van der Waals surface area contributed by atoms with Crippen LogP contribution in [0, 0.1) is 0 Å². The molecular formula is C17H21N5OS. The van der Waals surface area contributed by atoms with E-state index >= 15 is 0 Å². The van der Waals surface area contributed by atoms with Gasteiger partial charge in [0.05, 0.1) is 12.6 Å². The summed E-state index contributed by atoms with van der Waals surface area (Å²) in [4.78, 5) is 16.0. The Morgan fingerprint density at radius 2 is 1.96 bits per heavy atom. The first-order chi connectivity index (χ1) is 11.5. The number of anilines is 2. The van der Waals surface area contributed by atoms with E-state index in [1.54, 1.807) is 18.4 Å². The Morgan fingerprint density at radius 1 is 1.17 bits per heavy atom. The number of fused-ring (bicyclic) bond motifs is 1. The fourth-order valence-corrected chi connectivity index (χ4v) is 3.20. The third-order valence-electron chi connectivity index (χ3n) is 3.45. The molecule has 126 valence electrons. The van der Waals surface area contributed by atoms with Gasteiger partial charge in [-0.1, -0.05) is 0 Å². The highest BCUT2D eigenvalue weighted by molar-refractivity contribution is 7.14. The molecule has 0 saturated heterocycles. The van der Waals surface area contributed by atoms with Crippen LogP contribution in [0.4, 0.5) is 10.9 Å². The number of nitrogens with zero attached hydrogens (tertiary/aromatic N) is 4. The molecule has 0 aliphatic heterocycles. The lowest BCUT2D eigenvalue weighted by Gasteiger charge is -2.15. The van der Waals surface area contributed by atoms with Crippen molar-refractivity contribution in [2.75, 3.05) is 31.4 Å². The zero-order valence-electron chi connectivity index (χ0n) is 14.5. The molecule has 2 heterocycles. The first kappa shape index (κ1) is 16.4. The van der Waals surface area contributed by atoms with Crippen molar-refractivity contribution in [3.63, 3.8) is 0 Å². The molecular weight excluding hydrogens is 322 g/mol. The Labute approximate surface area is 145 Å². The Balaban J connectivity index is 2.12. The lowest BCUT2D eigenvalue weighted by atomic mass is 10.2. The molecule has 1 aromatic carbocycles. The monoisotopic (exact) mass is 343 g/mol. The van der Waals surface area contributed by atoms with Crippen LogP contribution in [0.1, 0.15) is 13.8 Å². The number of rotatable bonds is 5. The Kier molecular flexibility index (Phi) is 4.53. The predicted molar refractivity (Wildman–Crippen MR) is 100 cm³/mol. The van der Waals surface area contributed by atoms with Gasteiger partial charge in [0, 0.05) is 37.0 Å². The minimum absolute atomic E-state index is 0.336. The van der Waals surface area contributed by atoms with Crippen LogP contribution in [-0.4, -0.2) is 42.2 Å². The highest BCUT2D eigenvalue weighted by Crippen LogP contribution is 2.30. The smallest absolute Gasteiger partial charge is 0.183 e. The second-order valence-corrected chi connectivity index (χ2v) is 6.84. The van der Waals surface area contributed by atoms with Crippen molar-refractivity contribution in [2.24, 2.45) is 0 Å². The zero-order valence-corrected chi connectivity index (χ0v) is 15.3. The Bertz CT molecular complexity index is 859. The molecule has 0 aliphatic carbocycles. The molecule has 7 heteroatoms. The van der Waals surface area contributed by atoms with E-state index in [0.717, 1.165) is 33.3 Å². The van der Waals surface area contributed by atoms with Gasteiger partial charge in [-0.05, 0) is 26.0 Å². The van der Waals surface area contributed by atoms with Crippen LogP contribution in [0.2, 0.25) is 0 Å². The molecule has 24 heavy (non-hydrogen) atoms. The summed E-state index contributed by atoms with van der Waals surface area (Å²) in [7, 11) is 5.60. The number of hydrogen-bond donors (Lipinski definition) is 1. The molecule has 2 aromatic heterocycles. The number of methoxy groups -OCH3 is 1. The van der Waals surface area contributed by atoms with Crippen LogP contribution >= 0.6 is 11.3 Å². The van der Waals surface area contributed by atoms with E-state index in [4.69, 9.17) is 9.72 Å². The molecule has 1 N–H and O–H groups in total. The molecule has 3 rings (SSSR count). The fraction of sp³-hybridized carbons (Fsp3) is 0.353. The largest absolute Gasteiger partial charge is 0.497 e. The third kappa shape index (κ3) is 3.26. The molecule has 0 aliphatic rings. The average molecular weight is 343 g/mol. The van der Waals surface area contributed by atoms with E-state index in [9.17, 15) is 0 Å². The Hall–Kier alpha value is -2.41. The predicted octanol–water partition coefficient (Wildman–Crippen LogP) is 3.65. The lowest BCUT2D eigenvalue weighted by Crippen LogP contribution is -2.12. The van der Waals surface area contributed by atoms with Crippen LogP contribution in [0.5, 0.6) is 5.75 Å². The summed E-state index contributed by atoms with van der Waals surface area (Å²) in [6, 6.07) is 6.17. The summed E-state index contributed by atoms with van der Waals surface area (Å²) in [5.41, 5.74) is 1.62. The van der Waals surface area contributed by atoms with Crippen LogP contribution < -0.4 is 15.0 Å². The SMILES string of the molecule is COc1ccc2c(N(C)C)nc(-c3csc(NC(C)C)n3)nc2c1. The fourth-order valence-electron chi connectivity index (χ4n) is 2.36. The maximum Gasteiger partial charge on any atom is 0.183 e. The number of aromatic nitrogens is 3. The number of thiazole rings is 1. The molecule has 0 saturated carbocycles. The summed E-state index contributed by atoms with van der Waals surface area (Å²) in [6.07, 6.45) is 0. The maximum atomic E-state index is 5.32. The highest BCUT2D eigenvalue weighted by atomic mass is 32.1. The first-order valence-electron chi connectivity index (χ1n) is 7.73. The van der Waals surface area contributed by atoms with Gasteiger partial charge < -0.3 is 15.0 Å². The number of nitrogens with one attached hydrogen (secondary N) is 1. The van der Waals surface area contributed by atoms with Gasteiger partial charge >= 0.3 is 0 Å².